The van der Waals surface area contributed by atoms with E-state index in [2.05, 4.69) is 10.2 Å². The maximum absolute atomic E-state index is 13.5. The van der Waals surface area contributed by atoms with Gasteiger partial charge in [0.25, 0.3) is 0 Å². The molecule has 0 radical (unpaired) electrons. The Hall–Kier alpha value is -1.21. The molecule has 1 aromatic heterocycles. The predicted molar refractivity (Wildman–Crippen MR) is 65.0 cm³/mol. The average molecular weight is 273 g/mol. The first-order valence-corrected chi connectivity index (χ1v) is 6.47. The standard InChI is InChI=1S/C10H9F2N3S2/c1-5(16-10-15-14-9(13)17-10)8-6(11)3-2-4-7(8)12/h2-5H,1H3,(H2,13,14). The molecule has 1 heterocycles. The van der Waals surface area contributed by atoms with Crippen LogP contribution >= 0.6 is 23.1 Å². The van der Waals surface area contributed by atoms with Crippen LogP contribution < -0.4 is 5.73 Å². The molecule has 1 aromatic carbocycles. The van der Waals surface area contributed by atoms with Crippen LogP contribution in [-0.2, 0) is 0 Å². The largest absolute Gasteiger partial charge is 0.374 e. The van der Waals surface area contributed by atoms with Gasteiger partial charge in [-0.25, -0.2) is 8.78 Å². The van der Waals surface area contributed by atoms with Crippen molar-refractivity contribution in [3.8, 4) is 0 Å². The summed E-state index contributed by atoms with van der Waals surface area (Å²) in [4.78, 5) is 0. The molecule has 0 bridgehead atoms. The first-order chi connectivity index (χ1) is 8.08. The van der Waals surface area contributed by atoms with E-state index in [1.54, 1.807) is 6.92 Å². The minimum atomic E-state index is -0.553. The number of nitrogens with zero attached hydrogens (tertiary/aromatic N) is 2. The second kappa shape index (κ2) is 4.97. The van der Waals surface area contributed by atoms with Gasteiger partial charge in [-0.1, -0.05) is 29.2 Å². The normalized spacial score (nSPS) is 12.6. The summed E-state index contributed by atoms with van der Waals surface area (Å²) in [7, 11) is 0. The van der Waals surface area contributed by atoms with Crippen molar-refractivity contribution < 1.29 is 8.78 Å². The summed E-state index contributed by atoms with van der Waals surface area (Å²) in [5.74, 6) is -1.11. The number of aromatic nitrogens is 2. The SMILES string of the molecule is CC(Sc1nnc(N)s1)c1c(F)cccc1F. The molecule has 2 N–H and O–H groups in total. The zero-order chi connectivity index (χ0) is 12.4. The number of rotatable bonds is 3. The van der Waals surface area contributed by atoms with Crippen LogP contribution in [0.5, 0.6) is 0 Å². The van der Waals surface area contributed by atoms with Crippen LogP contribution in [0.15, 0.2) is 22.5 Å². The molecule has 2 aromatic rings. The maximum atomic E-state index is 13.5. The zero-order valence-electron chi connectivity index (χ0n) is 8.85. The highest BCUT2D eigenvalue weighted by Gasteiger charge is 2.18. The molecule has 0 saturated carbocycles. The topological polar surface area (TPSA) is 51.8 Å². The third kappa shape index (κ3) is 2.73. The molecule has 0 fully saturated rings. The summed E-state index contributed by atoms with van der Waals surface area (Å²) >= 11 is 2.43. The summed E-state index contributed by atoms with van der Waals surface area (Å²) in [5.41, 5.74) is 5.48. The van der Waals surface area contributed by atoms with Crippen molar-refractivity contribution in [2.45, 2.75) is 16.5 Å². The second-order valence-electron chi connectivity index (χ2n) is 3.30. The summed E-state index contributed by atoms with van der Waals surface area (Å²) < 4.78 is 27.6. The van der Waals surface area contributed by atoms with Gasteiger partial charge in [-0.05, 0) is 19.1 Å². The van der Waals surface area contributed by atoms with E-state index in [1.807, 2.05) is 0 Å². The quantitative estimate of drug-likeness (QED) is 0.872. The van der Waals surface area contributed by atoms with Crippen molar-refractivity contribution in [2.24, 2.45) is 0 Å². The van der Waals surface area contributed by atoms with Crippen LogP contribution in [0.1, 0.15) is 17.7 Å². The Morgan fingerprint density at radius 1 is 1.29 bits per heavy atom. The van der Waals surface area contributed by atoms with Gasteiger partial charge < -0.3 is 5.73 Å². The molecule has 0 aliphatic rings. The van der Waals surface area contributed by atoms with E-state index >= 15 is 0 Å². The molecule has 1 unspecified atom stereocenters. The highest BCUT2D eigenvalue weighted by atomic mass is 32.2. The molecule has 0 saturated heterocycles. The molecule has 0 aliphatic carbocycles. The first kappa shape index (κ1) is 12.3. The monoisotopic (exact) mass is 273 g/mol. The van der Waals surface area contributed by atoms with Crippen LogP contribution in [0.4, 0.5) is 13.9 Å². The minimum Gasteiger partial charge on any atom is -0.374 e. The van der Waals surface area contributed by atoms with Crippen molar-refractivity contribution in [1.29, 1.82) is 0 Å². The molecule has 2 rings (SSSR count). The summed E-state index contributed by atoms with van der Waals surface area (Å²) in [6.07, 6.45) is 0. The van der Waals surface area contributed by atoms with Crippen molar-refractivity contribution >= 4 is 28.2 Å². The van der Waals surface area contributed by atoms with E-state index < -0.39 is 11.6 Å². The molecular weight excluding hydrogens is 264 g/mol. The molecule has 0 spiro atoms. The Kier molecular flexibility index (Phi) is 3.58. The molecule has 0 amide bonds. The van der Waals surface area contributed by atoms with Gasteiger partial charge in [-0.15, -0.1) is 10.2 Å². The van der Waals surface area contributed by atoms with Crippen LogP contribution in [-0.4, -0.2) is 10.2 Å². The zero-order valence-corrected chi connectivity index (χ0v) is 10.5. The van der Waals surface area contributed by atoms with Crippen LogP contribution in [0, 0.1) is 11.6 Å². The van der Waals surface area contributed by atoms with Gasteiger partial charge in [-0.3, -0.25) is 0 Å². The van der Waals surface area contributed by atoms with Gasteiger partial charge in [0.2, 0.25) is 5.13 Å². The summed E-state index contributed by atoms with van der Waals surface area (Å²) in [6, 6.07) is 3.82. The fraction of sp³-hybridized carbons (Fsp3) is 0.200. The third-order valence-electron chi connectivity index (χ3n) is 2.11. The number of halogens is 2. The average Bonchev–Trinajstić information content (AvgIpc) is 2.63. The number of anilines is 1. The van der Waals surface area contributed by atoms with Crippen LogP contribution in [0.25, 0.3) is 0 Å². The van der Waals surface area contributed by atoms with Gasteiger partial charge >= 0.3 is 0 Å². The predicted octanol–water partition coefficient (Wildman–Crippen LogP) is 3.25. The Labute approximate surface area is 105 Å². The van der Waals surface area contributed by atoms with Gasteiger partial charge in [0.05, 0.1) is 0 Å². The fourth-order valence-electron chi connectivity index (χ4n) is 1.38. The molecule has 17 heavy (non-hydrogen) atoms. The fourth-order valence-corrected chi connectivity index (χ4v) is 3.33. The number of nitrogens with two attached hydrogens (primary N) is 1. The smallest absolute Gasteiger partial charge is 0.203 e. The summed E-state index contributed by atoms with van der Waals surface area (Å²) in [6.45, 7) is 1.71. The lowest BCUT2D eigenvalue weighted by Gasteiger charge is -2.11. The molecule has 3 nitrogen and oxygen atoms in total. The van der Waals surface area contributed by atoms with E-state index in [-0.39, 0.29) is 10.8 Å². The lowest BCUT2D eigenvalue weighted by molar-refractivity contribution is 0.557. The Balaban J connectivity index is 2.22. The van der Waals surface area contributed by atoms with E-state index in [0.29, 0.717) is 9.47 Å². The highest BCUT2D eigenvalue weighted by Crippen LogP contribution is 2.38. The number of hydrogen-bond acceptors (Lipinski definition) is 5. The van der Waals surface area contributed by atoms with Gasteiger partial charge in [0.1, 0.15) is 11.6 Å². The van der Waals surface area contributed by atoms with Crippen molar-refractivity contribution in [1.82, 2.24) is 10.2 Å². The van der Waals surface area contributed by atoms with E-state index in [1.165, 1.54) is 41.3 Å². The molecule has 0 aliphatic heterocycles. The Morgan fingerprint density at radius 2 is 1.94 bits per heavy atom. The Morgan fingerprint density at radius 3 is 2.47 bits per heavy atom. The number of benzene rings is 1. The Bertz CT molecular complexity index is 510. The van der Waals surface area contributed by atoms with Crippen molar-refractivity contribution in [3.05, 3.63) is 35.4 Å². The van der Waals surface area contributed by atoms with E-state index in [0.717, 1.165) is 0 Å². The van der Waals surface area contributed by atoms with Gasteiger partial charge in [-0.2, -0.15) is 0 Å². The summed E-state index contributed by atoms with van der Waals surface area (Å²) in [5, 5.41) is 7.40. The van der Waals surface area contributed by atoms with Gasteiger partial charge in [0, 0.05) is 10.8 Å². The van der Waals surface area contributed by atoms with E-state index in [4.69, 9.17) is 5.73 Å². The lowest BCUT2D eigenvalue weighted by Crippen LogP contribution is -1.97. The highest BCUT2D eigenvalue weighted by molar-refractivity contribution is 8.01. The first-order valence-electron chi connectivity index (χ1n) is 4.77. The molecular formula is C10H9F2N3S2. The molecule has 7 heteroatoms. The van der Waals surface area contributed by atoms with Crippen molar-refractivity contribution in [3.63, 3.8) is 0 Å². The third-order valence-corrected chi connectivity index (χ3v) is 4.06. The molecule has 1 atom stereocenters. The molecule has 90 valence electrons. The van der Waals surface area contributed by atoms with Crippen LogP contribution in [0.3, 0.4) is 0 Å². The van der Waals surface area contributed by atoms with Gasteiger partial charge in [0.15, 0.2) is 4.34 Å². The maximum Gasteiger partial charge on any atom is 0.203 e. The number of nitrogen functional groups attached to an aromatic ring is 1. The van der Waals surface area contributed by atoms with E-state index in [9.17, 15) is 8.78 Å². The van der Waals surface area contributed by atoms with Crippen molar-refractivity contribution in [2.75, 3.05) is 5.73 Å². The lowest BCUT2D eigenvalue weighted by atomic mass is 10.1. The number of hydrogen-bond donors (Lipinski definition) is 1. The minimum absolute atomic E-state index is 0.0475. The second-order valence-corrected chi connectivity index (χ2v) is 5.90. The number of thioether (sulfide) groups is 1. The van der Waals surface area contributed by atoms with Crippen LogP contribution in [0.2, 0.25) is 0 Å².